The molecule has 0 aromatic carbocycles. The third-order valence-electron chi connectivity index (χ3n) is 2.42. The standard InChI is InChI=1S/C12H22N4O/c1-5-13-10-8-12(16(4)6-2)15-11(14-10)9-17-7-3/h8H,5-7,9H2,1-4H3,(H,13,14,15). The van der Waals surface area contributed by atoms with E-state index in [1.54, 1.807) is 0 Å². The molecule has 0 saturated carbocycles. The lowest BCUT2D eigenvalue weighted by Crippen LogP contribution is -2.19. The van der Waals surface area contributed by atoms with E-state index in [1.807, 2.05) is 27.0 Å². The lowest BCUT2D eigenvalue weighted by atomic mass is 10.4. The van der Waals surface area contributed by atoms with Gasteiger partial charge in [-0.05, 0) is 20.8 Å². The number of nitrogens with zero attached hydrogens (tertiary/aromatic N) is 3. The van der Waals surface area contributed by atoms with Gasteiger partial charge >= 0.3 is 0 Å². The first-order chi connectivity index (χ1) is 8.21. The quantitative estimate of drug-likeness (QED) is 0.786. The SMILES string of the molecule is CCNc1cc(N(C)CC)nc(COCC)n1. The minimum absolute atomic E-state index is 0.459. The van der Waals surface area contributed by atoms with Crippen LogP contribution in [0.3, 0.4) is 0 Å². The molecule has 0 radical (unpaired) electrons. The Morgan fingerprint density at radius 1 is 1.29 bits per heavy atom. The zero-order chi connectivity index (χ0) is 12.7. The molecule has 1 N–H and O–H groups in total. The van der Waals surface area contributed by atoms with Crippen LogP contribution in [0, 0.1) is 0 Å². The summed E-state index contributed by atoms with van der Waals surface area (Å²) in [5, 5.41) is 3.21. The van der Waals surface area contributed by atoms with Crippen LogP contribution in [0.4, 0.5) is 11.6 Å². The maximum absolute atomic E-state index is 5.35. The van der Waals surface area contributed by atoms with Gasteiger partial charge in [-0.1, -0.05) is 0 Å². The van der Waals surface area contributed by atoms with E-state index in [1.165, 1.54) is 0 Å². The number of hydrogen-bond donors (Lipinski definition) is 1. The van der Waals surface area contributed by atoms with Gasteiger partial charge in [0.1, 0.15) is 18.2 Å². The molecule has 1 aromatic rings. The number of hydrogen-bond acceptors (Lipinski definition) is 5. The molecule has 0 aliphatic rings. The van der Waals surface area contributed by atoms with Gasteiger partial charge < -0.3 is 15.0 Å². The molecule has 1 aromatic heterocycles. The average molecular weight is 238 g/mol. The molecular formula is C12H22N4O. The second-order valence-corrected chi connectivity index (χ2v) is 3.71. The van der Waals surface area contributed by atoms with E-state index in [4.69, 9.17) is 4.74 Å². The third kappa shape index (κ3) is 4.19. The van der Waals surface area contributed by atoms with Crippen molar-refractivity contribution in [2.45, 2.75) is 27.4 Å². The van der Waals surface area contributed by atoms with Crippen molar-refractivity contribution >= 4 is 11.6 Å². The summed E-state index contributed by atoms with van der Waals surface area (Å²) in [6, 6.07) is 1.96. The summed E-state index contributed by atoms with van der Waals surface area (Å²) in [6.45, 7) is 9.00. The Morgan fingerprint density at radius 3 is 2.65 bits per heavy atom. The summed E-state index contributed by atoms with van der Waals surface area (Å²) >= 11 is 0. The molecule has 17 heavy (non-hydrogen) atoms. The van der Waals surface area contributed by atoms with Crippen molar-refractivity contribution in [3.8, 4) is 0 Å². The smallest absolute Gasteiger partial charge is 0.158 e. The minimum Gasteiger partial charge on any atom is -0.374 e. The van der Waals surface area contributed by atoms with Gasteiger partial charge in [0.05, 0.1) is 0 Å². The molecule has 1 rings (SSSR count). The van der Waals surface area contributed by atoms with Gasteiger partial charge in [0, 0.05) is 32.8 Å². The van der Waals surface area contributed by atoms with Gasteiger partial charge in [-0.2, -0.15) is 0 Å². The highest BCUT2D eigenvalue weighted by Crippen LogP contribution is 2.15. The van der Waals surface area contributed by atoms with Crippen LogP contribution in [-0.4, -0.2) is 36.7 Å². The number of anilines is 2. The van der Waals surface area contributed by atoms with E-state index in [0.29, 0.717) is 13.2 Å². The first-order valence-corrected chi connectivity index (χ1v) is 6.11. The Kier molecular flexibility index (Phi) is 5.69. The van der Waals surface area contributed by atoms with Gasteiger partial charge in [0.15, 0.2) is 5.82 Å². The highest BCUT2D eigenvalue weighted by molar-refractivity contribution is 5.48. The zero-order valence-electron chi connectivity index (χ0n) is 11.2. The Labute approximate surface area is 103 Å². The molecule has 0 bridgehead atoms. The van der Waals surface area contributed by atoms with Crippen molar-refractivity contribution in [2.24, 2.45) is 0 Å². The molecule has 0 saturated heterocycles. The second kappa shape index (κ2) is 7.06. The number of aromatic nitrogens is 2. The number of ether oxygens (including phenoxy) is 1. The third-order valence-corrected chi connectivity index (χ3v) is 2.42. The Bertz CT molecular complexity index is 343. The van der Waals surface area contributed by atoms with E-state index in [9.17, 15) is 0 Å². The molecular weight excluding hydrogens is 216 g/mol. The molecule has 1 heterocycles. The van der Waals surface area contributed by atoms with Gasteiger partial charge in [0.2, 0.25) is 0 Å². The topological polar surface area (TPSA) is 50.3 Å². The summed E-state index contributed by atoms with van der Waals surface area (Å²) in [6.07, 6.45) is 0. The average Bonchev–Trinajstić information content (AvgIpc) is 2.35. The molecule has 5 heteroatoms. The largest absolute Gasteiger partial charge is 0.374 e. The Balaban J connectivity index is 2.91. The van der Waals surface area contributed by atoms with Crippen molar-refractivity contribution in [1.29, 1.82) is 0 Å². The fraction of sp³-hybridized carbons (Fsp3) is 0.667. The summed E-state index contributed by atoms with van der Waals surface area (Å²) in [7, 11) is 2.02. The van der Waals surface area contributed by atoms with Crippen molar-refractivity contribution in [3.05, 3.63) is 11.9 Å². The van der Waals surface area contributed by atoms with E-state index in [0.717, 1.165) is 30.5 Å². The van der Waals surface area contributed by atoms with Crippen LogP contribution in [0.25, 0.3) is 0 Å². The van der Waals surface area contributed by atoms with Crippen molar-refractivity contribution < 1.29 is 4.74 Å². The van der Waals surface area contributed by atoms with Crippen LogP contribution in [-0.2, 0) is 11.3 Å². The highest BCUT2D eigenvalue weighted by atomic mass is 16.5. The van der Waals surface area contributed by atoms with Crippen LogP contribution in [0.2, 0.25) is 0 Å². The van der Waals surface area contributed by atoms with Crippen LogP contribution in [0.15, 0.2) is 6.07 Å². The molecule has 0 atom stereocenters. The van der Waals surface area contributed by atoms with Gasteiger partial charge in [-0.25, -0.2) is 9.97 Å². The monoisotopic (exact) mass is 238 g/mol. The lowest BCUT2D eigenvalue weighted by molar-refractivity contribution is 0.128. The number of nitrogens with one attached hydrogen (secondary N) is 1. The van der Waals surface area contributed by atoms with E-state index in [2.05, 4.69) is 27.1 Å². The maximum Gasteiger partial charge on any atom is 0.158 e. The second-order valence-electron chi connectivity index (χ2n) is 3.71. The molecule has 0 aliphatic carbocycles. The van der Waals surface area contributed by atoms with Crippen LogP contribution >= 0.6 is 0 Å². The molecule has 0 spiro atoms. The normalized spacial score (nSPS) is 10.4. The highest BCUT2D eigenvalue weighted by Gasteiger charge is 2.07. The van der Waals surface area contributed by atoms with Crippen molar-refractivity contribution in [2.75, 3.05) is 37.0 Å². The van der Waals surface area contributed by atoms with Crippen LogP contribution < -0.4 is 10.2 Å². The van der Waals surface area contributed by atoms with Gasteiger partial charge in [0.25, 0.3) is 0 Å². The minimum atomic E-state index is 0.459. The summed E-state index contributed by atoms with van der Waals surface area (Å²) in [5.41, 5.74) is 0. The van der Waals surface area contributed by atoms with Crippen LogP contribution in [0.1, 0.15) is 26.6 Å². The molecule has 5 nitrogen and oxygen atoms in total. The van der Waals surface area contributed by atoms with E-state index >= 15 is 0 Å². The fourth-order valence-corrected chi connectivity index (χ4v) is 1.37. The molecule has 0 amide bonds. The Morgan fingerprint density at radius 2 is 2.06 bits per heavy atom. The molecule has 0 aliphatic heterocycles. The van der Waals surface area contributed by atoms with Crippen molar-refractivity contribution in [3.63, 3.8) is 0 Å². The van der Waals surface area contributed by atoms with Crippen molar-refractivity contribution in [1.82, 2.24) is 9.97 Å². The van der Waals surface area contributed by atoms with E-state index < -0.39 is 0 Å². The molecule has 96 valence electrons. The van der Waals surface area contributed by atoms with Gasteiger partial charge in [-0.15, -0.1) is 0 Å². The van der Waals surface area contributed by atoms with E-state index in [-0.39, 0.29) is 0 Å². The predicted octanol–water partition coefficient (Wildman–Crippen LogP) is 1.90. The Hall–Kier alpha value is -1.36. The first-order valence-electron chi connectivity index (χ1n) is 6.11. The fourth-order valence-electron chi connectivity index (χ4n) is 1.37. The predicted molar refractivity (Wildman–Crippen MR) is 70.5 cm³/mol. The summed E-state index contributed by atoms with van der Waals surface area (Å²) in [4.78, 5) is 11.0. The lowest BCUT2D eigenvalue weighted by Gasteiger charge is -2.17. The zero-order valence-corrected chi connectivity index (χ0v) is 11.2. The summed E-state index contributed by atoms with van der Waals surface area (Å²) < 4.78 is 5.35. The summed E-state index contributed by atoms with van der Waals surface area (Å²) in [5.74, 6) is 2.50. The van der Waals surface area contributed by atoms with Crippen LogP contribution in [0.5, 0.6) is 0 Å². The molecule has 0 fully saturated rings. The molecule has 0 unspecified atom stereocenters. The maximum atomic E-state index is 5.35. The van der Waals surface area contributed by atoms with Gasteiger partial charge in [-0.3, -0.25) is 0 Å². The first kappa shape index (κ1) is 13.7. The number of rotatable bonds is 7.